The molecule has 0 radical (unpaired) electrons. The molecule has 1 heterocycles. The van der Waals surface area contributed by atoms with Crippen LogP contribution in [-0.2, 0) is 21.4 Å². The highest BCUT2D eigenvalue weighted by Gasteiger charge is 2.11. The Bertz CT molecular complexity index is 739. The van der Waals surface area contributed by atoms with Crippen LogP contribution in [-0.4, -0.2) is 33.2 Å². The maximum atomic E-state index is 11.8. The number of ether oxygens (including phenoxy) is 1. The van der Waals surface area contributed by atoms with Gasteiger partial charge in [0.05, 0.1) is 18.6 Å². The molecule has 0 spiro atoms. The fourth-order valence-electron chi connectivity index (χ4n) is 1.83. The third kappa shape index (κ3) is 6.43. The van der Waals surface area contributed by atoms with E-state index in [1.165, 1.54) is 6.26 Å². The van der Waals surface area contributed by atoms with Gasteiger partial charge in [0.25, 0.3) is 5.91 Å². The lowest BCUT2D eigenvalue weighted by Gasteiger charge is -2.08. The zero-order chi connectivity index (χ0) is 17.4. The predicted octanol–water partition coefficient (Wildman–Crippen LogP) is 1.20. The highest BCUT2D eigenvalue weighted by Crippen LogP contribution is 2.10. The third-order valence-electron chi connectivity index (χ3n) is 3.13. The Labute approximate surface area is 141 Å². The maximum absolute atomic E-state index is 11.8. The van der Waals surface area contributed by atoms with Crippen molar-refractivity contribution in [2.75, 3.05) is 18.9 Å². The summed E-state index contributed by atoms with van der Waals surface area (Å²) in [5, 5.41) is 2.51. The van der Waals surface area contributed by atoms with Crippen LogP contribution in [0.5, 0.6) is 5.75 Å². The fourth-order valence-corrected chi connectivity index (χ4v) is 2.70. The summed E-state index contributed by atoms with van der Waals surface area (Å²) in [5.74, 6) is 0.513. The van der Waals surface area contributed by atoms with Crippen LogP contribution in [0.3, 0.4) is 0 Å². The molecule has 8 heteroatoms. The minimum atomic E-state index is -3.49. The summed E-state index contributed by atoms with van der Waals surface area (Å²) in [6.45, 7) is 1.88. The molecule has 0 unspecified atom stereocenters. The summed E-state index contributed by atoms with van der Waals surface area (Å²) < 4.78 is 36.3. The second kappa shape index (κ2) is 8.51. The first kappa shape index (κ1) is 18.0. The van der Waals surface area contributed by atoms with Crippen LogP contribution >= 0.6 is 0 Å². The topological polar surface area (TPSA) is 97.6 Å². The van der Waals surface area contributed by atoms with Crippen molar-refractivity contribution in [3.63, 3.8) is 0 Å². The number of nitrogens with one attached hydrogen (secondary N) is 2. The van der Waals surface area contributed by atoms with Crippen molar-refractivity contribution in [1.29, 1.82) is 0 Å². The van der Waals surface area contributed by atoms with E-state index in [2.05, 4.69) is 10.0 Å². The first-order valence-corrected chi connectivity index (χ1v) is 9.06. The number of hydrogen-bond acceptors (Lipinski definition) is 5. The number of carbonyl (C=O) groups excluding carboxylic acids is 1. The summed E-state index contributed by atoms with van der Waals surface area (Å²) in [5.41, 5.74) is 1.10. The van der Waals surface area contributed by atoms with E-state index in [1.54, 1.807) is 24.3 Å². The van der Waals surface area contributed by atoms with Crippen LogP contribution in [0.15, 0.2) is 47.1 Å². The molecular weight excluding hydrogens is 332 g/mol. The SMILES string of the molecule is Cc1ccc(OCC(=O)NCCS(=O)(=O)NCc2ccco2)cc1. The van der Waals surface area contributed by atoms with Gasteiger partial charge in [-0.1, -0.05) is 17.7 Å². The molecule has 130 valence electrons. The standard InChI is InChI=1S/C16H20N2O5S/c1-13-4-6-14(7-5-13)23-12-16(19)17-8-10-24(20,21)18-11-15-3-2-9-22-15/h2-7,9,18H,8,10-12H2,1H3,(H,17,19). The van der Waals surface area contributed by atoms with E-state index >= 15 is 0 Å². The van der Waals surface area contributed by atoms with E-state index in [0.29, 0.717) is 11.5 Å². The zero-order valence-electron chi connectivity index (χ0n) is 13.3. The van der Waals surface area contributed by atoms with E-state index in [1.807, 2.05) is 19.1 Å². The summed E-state index contributed by atoms with van der Waals surface area (Å²) in [6, 6.07) is 10.6. The quantitative estimate of drug-likeness (QED) is 0.707. The minimum absolute atomic E-state index is 0.00355. The monoisotopic (exact) mass is 352 g/mol. The molecule has 0 saturated heterocycles. The minimum Gasteiger partial charge on any atom is -0.484 e. The molecule has 0 aliphatic heterocycles. The lowest BCUT2D eigenvalue weighted by atomic mass is 10.2. The van der Waals surface area contributed by atoms with E-state index in [-0.39, 0.29) is 31.4 Å². The molecule has 2 rings (SSSR count). The summed E-state index contributed by atoms with van der Waals surface area (Å²) >= 11 is 0. The summed E-state index contributed by atoms with van der Waals surface area (Å²) in [7, 11) is -3.49. The van der Waals surface area contributed by atoms with Crippen LogP contribution in [0.1, 0.15) is 11.3 Å². The molecule has 1 aromatic carbocycles. The van der Waals surface area contributed by atoms with E-state index in [0.717, 1.165) is 5.56 Å². The highest BCUT2D eigenvalue weighted by atomic mass is 32.2. The van der Waals surface area contributed by atoms with Crippen LogP contribution in [0, 0.1) is 6.92 Å². The molecule has 7 nitrogen and oxygen atoms in total. The number of hydrogen-bond donors (Lipinski definition) is 2. The number of aryl methyl sites for hydroxylation is 1. The number of furan rings is 1. The third-order valence-corrected chi connectivity index (χ3v) is 4.46. The summed E-state index contributed by atoms with van der Waals surface area (Å²) in [6.07, 6.45) is 1.47. The van der Waals surface area contributed by atoms with E-state index < -0.39 is 10.0 Å². The fraction of sp³-hybridized carbons (Fsp3) is 0.312. The Morgan fingerprint density at radius 1 is 1.21 bits per heavy atom. The van der Waals surface area contributed by atoms with Gasteiger partial charge < -0.3 is 14.5 Å². The second-order valence-electron chi connectivity index (χ2n) is 5.17. The summed E-state index contributed by atoms with van der Waals surface area (Å²) in [4.78, 5) is 11.6. The van der Waals surface area contributed by atoms with Crippen LogP contribution < -0.4 is 14.8 Å². The van der Waals surface area contributed by atoms with Gasteiger partial charge in [0.1, 0.15) is 11.5 Å². The Balaban J connectivity index is 1.65. The number of sulfonamides is 1. The van der Waals surface area contributed by atoms with Crippen molar-refractivity contribution in [3.8, 4) is 5.75 Å². The Hall–Kier alpha value is -2.32. The zero-order valence-corrected chi connectivity index (χ0v) is 14.1. The van der Waals surface area contributed by atoms with Crippen molar-refractivity contribution in [3.05, 3.63) is 54.0 Å². The first-order chi connectivity index (χ1) is 11.4. The van der Waals surface area contributed by atoms with Crippen molar-refractivity contribution < 1.29 is 22.4 Å². The van der Waals surface area contributed by atoms with Crippen LogP contribution in [0.25, 0.3) is 0 Å². The first-order valence-electron chi connectivity index (χ1n) is 7.40. The lowest BCUT2D eigenvalue weighted by molar-refractivity contribution is -0.122. The average Bonchev–Trinajstić information content (AvgIpc) is 3.06. The largest absolute Gasteiger partial charge is 0.484 e. The van der Waals surface area contributed by atoms with Gasteiger partial charge in [-0.25, -0.2) is 13.1 Å². The number of carbonyl (C=O) groups is 1. The average molecular weight is 352 g/mol. The molecular formula is C16H20N2O5S. The molecule has 0 atom stereocenters. The Kier molecular flexibility index (Phi) is 6.39. The molecule has 2 N–H and O–H groups in total. The van der Waals surface area contributed by atoms with Gasteiger partial charge in [-0.3, -0.25) is 4.79 Å². The van der Waals surface area contributed by atoms with Gasteiger partial charge in [0.15, 0.2) is 6.61 Å². The van der Waals surface area contributed by atoms with Crippen molar-refractivity contribution >= 4 is 15.9 Å². The highest BCUT2D eigenvalue weighted by molar-refractivity contribution is 7.89. The van der Waals surface area contributed by atoms with Gasteiger partial charge in [-0.05, 0) is 31.2 Å². The van der Waals surface area contributed by atoms with Gasteiger partial charge in [0, 0.05) is 6.54 Å². The number of rotatable bonds is 9. The molecule has 0 saturated carbocycles. The lowest BCUT2D eigenvalue weighted by Crippen LogP contribution is -2.36. The molecule has 0 bridgehead atoms. The van der Waals surface area contributed by atoms with Crippen LogP contribution in [0.4, 0.5) is 0 Å². The van der Waals surface area contributed by atoms with Crippen molar-refractivity contribution in [1.82, 2.24) is 10.0 Å². The van der Waals surface area contributed by atoms with Crippen LogP contribution in [0.2, 0.25) is 0 Å². The molecule has 0 aliphatic rings. The molecule has 24 heavy (non-hydrogen) atoms. The molecule has 0 aliphatic carbocycles. The number of amides is 1. The maximum Gasteiger partial charge on any atom is 0.257 e. The number of benzene rings is 1. The Morgan fingerprint density at radius 3 is 2.62 bits per heavy atom. The predicted molar refractivity (Wildman–Crippen MR) is 89.0 cm³/mol. The van der Waals surface area contributed by atoms with E-state index in [4.69, 9.17) is 9.15 Å². The normalized spacial score (nSPS) is 11.2. The molecule has 2 aromatic rings. The van der Waals surface area contributed by atoms with Crippen molar-refractivity contribution in [2.45, 2.75) is 13.5 Å². The Morgan fingerprint density at radius 2 is 1.96 bits per heavy atom. The van der Waals surface area contributed by atoms with Gasteiger partial charge in [0.2, 0.25) is 10.0 Å². The molecule has 0 fully saturated rings. The second-order valence-corrected chi connectivity index (χ2v) is 7.10. The van der Waals surface area contributed by atoms with Crippen molar-refractivity contribution in [2.24, 2.45) is 0 Å². The van der Waals surface area contributed by atoms with Gasteiger partial charge in [-0.15, -0.1) is 0 Å². The van der Waals surface area contributed by atoms with Gasteiger partial charge in [-0.2, -0.15) is 0 Å². The van der Waals surface area contributed by atoms with Gasteiger partial charge >= 0.3 is 0 Å². The van der Waals surface area contributed by atoms with E-state index in [9.17, 15) is 13.2 Å². The molecule has 1 aromatic heterocycles. The molecule has 1 amide bonds. The smallest absolute Gasteiger partial charge is 0.257 e.